The van der Waals surface area contributed by atoms with Crippen LogP contribution < -0.4 is 20.5 Å². The molecule has 88 valence electrons. The minimum atomic E-state index is 0.228. The summed E-state index contributed by atoms with van der Waals surface area (Å²) in [6, 6.07) is 5.47. The monoisotopic (exact) mass is 222 g/mol. The van der Waals surface area contributed by atoms with Gasteiger partial charge in [0.2, 0.25) is 0 Å². The van der Waals surface area contributed by atoms with Gasteiger partial charge in [0.1, 0.15) is 6.10 Å². The zero-order chi connectivity index (χ0) is 11.4. The SMILES string of the molecule is COc1cc(N)ccc1O[C@H]1CCCNC1. The molecule has 3 N–H and O–H groups in total. The van der Waals surface area contributed by atoms with E-state index in [2.05, 4.69) is 5.32 Å². The Labute approximate surface area is 95.7 Å². The molecule has 0 aromatic heterocycles. The van der Waals surface area contributed by atoms with Crippen molar-refractivity contribution in [1.29, 1.82) is 0 Å². The predicted octanol–water partition coefficient (Wildman–Crippen LogP) is 1.41. The Morgan fingerprint density at radius 3 is 2.94 bits per heavy atom. The molecule has 1 heterocycles. The van der Waals surface area contributed by atoms with Crippen LogP contribution in [0.15, 0.2) is 18.2 Å². The molecule has 1 fully saturated rings. The lowest BCUT2D eigenvalue weighted by atomic mass is 10.1. The fourth-order valence-electron chi connectivity index (χ4n) is 1.88. The summed E-state index contributed by atoms with van der Waals surface area (Å²) >= 11 is 0. The van der Waals surface area contributed by atoms with Crippen molar-refractivity contribution in [3.05, 3.63) is 18.2 Å². The van der Waals surface area contributed by atoms with Gasteiger partial charge in [-0.05, 0) is 31.5 Å². The Kier molecular flexibility index (Phi) is 3.51. The molecule has 0 saturated carbocycles. The lowest BCUT2D eigenvalue weighted by molar-refractivity contribution is 0.161. The van der Waals surface area contributed by atoms with E-state index in [1.165, 1.54) is 0 Å². The summed E-state index contributed by atoms with van der Waals surface area (Å²) < 4.78 is 11.1. The van der Waals surface area contributed by atoms with Gasteiger partial charge < -0.3 is 20.5 Å². The fourth-order valence-corrected chi connectivity index (χ4v) is 1.88. The van der Waals surface area contributed by atoms with E-state index >= 15 is 0 Å². The van der Waals surface area contributed by atoms with Crippen LogP contribution in [0.3, 0.4) is 0 Å². The van der Waals surface area contributed by atoms with Crippen LogP contribution in [0.4, 0.5) is 5.69 Å². The van der Waals surface area contributed by atoms with E-state index in [1.54, 1.807) is 13.2 Å². The highest BCUT2D eigenvalue weighted by Gasteiger charge is 2.16. The van der Waals surface area contributed by atoms with E-state index in [4.69, 9.17) is 15.2 Å². The average Bonchev–Trinajstić information content (AvgIpc) is 2.33. The standard InChI is InChI=1S/C12H18N2O2/c1-15-12-7-9(13)4-5-11(12)16-10-3-2-6-14-8-10/h4-5,7,10,14H,2-3,6,8,13H2,1H3/t10-/m0/s1. The van der Waals surface area contributed by atoms with Crippen molar-refractivity contribution in [2.45, 2.75) is 18.9 Å². The number of nitrogen functional groups attached to an aromatic ring is 1. The van der Waals surface area contributed by atoms with Crippen LogP contribution in [-0.4, -0.2) is 26.3 Å². The van der Waals surface area contributed by atoms with Gasteiger partial charge >= 0.3 is 0 Å². The number of ether oxygens (including phenoxy) is 2. The molecule has 1 aliphatic rings. The highest BCUT2D eigenvalue weighted by atomic mass is 16.5. The van der Waals surface area contributed by atoms with Crippen molar-refractivity contribution in [3.63, 3.8) is 0 Å². The fraction of sp³-hybridized carbons (Fsp3) is 0.500. The second-order valence-electron chi connectivity index (χ2n) is 4.00. The summed E-state index contributed by atoms with van der Waals surface area (Å²) in [4.78, 5) is 0. The lowest BCUT2D eigenvalue weighted by Crippen LogP contribution is -2.37. The minimum Gasteiger partial charge on any atom is -0.493 e. The van der Waals surface area contributed by atoms with Crippen molar-refractivity contribution in [1.82, 2.24) is 5.32 Å². The zero-order valence-electron chi connectivity index (χ0n) is 9.53. The number of piperidine rings is 1. The van der Waals surface area contributed by atoms with Gasteiger partial charge in [-0.25, -0.2) is 0 Å². The Bertz CT molecular complexity index is 349. The van der Waals surface area contributed by atoms with Gasteiger partial charge in [0.15, 0.2) is 11.5 Å². The van der Waals surface area contributed by atoms with E-state index < -0.39 is 0 Å². The largest absolute Gasteiger partial charge is 0.493 e. The molecule has 1 aromatic carbocycles. The first-order chi connectivity index (χ1) is 7.79. The van der Waals surface area contributed by atoms with Crippen LogP contribution in [0, 0.1) is 0 Å². The highest BCUT2D eigenvalue weighted by molar-refractivity contribution is 5.52. The highest BCUT2D eigenvalue weighted by Crippen LogP contribution is 2.30. The van der Waals surface area contributed by atoms with Crippen molar-refractivity contribution >= 4 is 5.69 Å². The van der Waals surface area contributed by atoms with E-state index in [-0.39, 0.29) is 6.10 Å². The lowest BCUT2D eigenvalue weighted by Gasteiger charge is -2.24. The Morgan fingerprint density at radius 2 is 2.25 bits per heavy atom. The molecule has 0 unspecified atom stereocenters. The summed E-state index contributed by atoms with van der Waals surface area (Å²) in [5.41, 5.74) is 6.37. The average molecular weight is 222 g/mol. The molecular formula is C12H18N2O2. The number of nitrogens with two attached hydrogens (primary N) is 1. The molecule has 1 atom stereocenters. The summed E-state index contributed by atoms with van der Waals surface area (Å²) in [5.74, 6) is 1.47. The molecule has 1 aromatic rings. The van der Waals surface area contributed by atoms with Crippen molar-refractivity contribution in [2.75, 3.05) is 25.9 Å². The van der Waals surface area contributed by atoms with Gasteiger partial charge in [0.05, 0.1) is 7.11 Å². The van der Waals surface area contributed by atoms with E-state index in [9.17, 15) is 0 Å². The zero-order valence-corrected chi connectivity index (χ0v) is 9.53. The van der Waals surface area contributed by atoms with Gasteiger partial charge in [0.25, 0.3) is 0 Å². The number of hydrogen-bond acceptors (Lipinski definition) is 4. The number of rotatable bonds is 3. The molecule has 0 amide bonds. The molecule has 2 rings (SSSR count). The van der Waals surface area contributed by atoms with E-state index in [1.807, 2.05) is 12.1 Å². The van der Waals surface area contributed by atoms with E-state index in [0.29, 0.717) is 11.4 Å². The van der Waals surface area contributed by atoms with Crippen molar-refractivity contribution in [3.8, 4) is 11.5 Å². The van der Waals surface area contributed by atoms with Crippen LogP contribution >= 0.6 is 0 Å². The topological polar surface area (TPSA) is 56.5 Å². The van der Waals surface area contributed by atoms with E-state index in [0.717, 1.165) is 31.7 Å². The molecule has 0 spiro atoms. The Morgan fingerprint density at radius 1 is 1.38 bits per heavy atom. The van der Waals surface area contributed by atoms with Gasteiger partial charge in [-0.15, -0.1) is 0 Å². The molecular weight excluding hydrogens is 204 g/mol. The number of nitrogens with one attached hydrogen (secondary N) is 1. The van der Waals surface area contributed by atoms with Gasteiger partial charge in [-0.2, -0.15) is 0 Å². The third-order valence-corrected chi connectivity index (χ3v) is 2.73. The Balaban J connectivity index is 2.07. The number of anilines is 1. The van der Waals surface area contributed by atoms with Gasteiger partial charge in [0, 0.05) is 18.3 Å². The summed E-state index contributed by atoms with van der Waals surface area (Å²) in [6.07, 6.45) is 2.47. The van der Waals surface area contributed by atoms with Crippen LogP contribution in [0.2, 0.25) is 0 Å². The molecule has 4 heteroatoms. The van der Waals surface area contributed by atoms with Crippen molar-refractivity contribution in [2.24, 2.45) is 0 Å². The third-order valence-electron chi connectivity index (χ3n) is 2.73. The van der Waals surface area contributed by atoms with Gasteiger partial charge in [-0.1, -0.05) is 0 Å². The Hall–Kier alpha value is -1.42. The summed E-state index contributed by atoms with van der Waals surface area (Å²) in [6.45, 7) is 1.98. The minimum absolute atomic E-state index is 0.228. The smallest absolute Gasteiger partial charge is 0.162 e. The van der Waals surface area contributed by atoms with Crippen LogP contribution in [0.1, 0.15) is 12.8 Å². The molecule has 0 bridgehead atoms. The second kappa shape index (κ2) is 5.07. The molecule has 4 nitrogen and oxygen atoms in total. The van der Waals surface area contributed by atoms with Crippen molar-refractivity contribution < 1.29 is 9.47 Å². The van der Waals surface area contributed by atoms with Crippen LogP contribution in [0.5, 0.6) is 11.5 Å². The second-order valence-corrected chi connectivity index (χ2v) is 4.00. The maximum absolute atomic E-state index is 5.89. The maximum Gasteiger partial charge on any atom is 0.162 e. The first kappa shape index (κ1) is 11.1. The number of hydrogen-bond donors (Lipinski definition) is 2. The first-order valence-electron chi connectivity index (χ1n) is 5.60. The van der Waals surface area contributed by atoms with Crippen LogP contribution in [0.25, 0.3) is 0 Å². The molecule has 16 heavy (non-hydrogen) atoms. The number of methoxy groups -OCH3 is 1. The number of benzene rings is 1. The molecule has 1 saturated heterocycles. The van der Waals surface area contributed by atoms with Crippen LogP contribution in [-0.2, 0) is 0 Å². The predicted molar refractivity (Wildman–Crippen MR) is 63.9 cm³/mol. The molecule has 0 radical (unpaired) electrons. The maximum atomic E-state index is 5.89. The summed E-state index contributed by atoms with van der Waals surface area (Å²) in [7, 11) is 1.63. The third kappa shape index (κ3) is 2.58. The normalized spacial score (nSPS) is 20.4. The quantitative estimate of drug-likeness (QED) is 0.759. The summed E-state index contributed by atoms with van der Waals surface area (Å²) in [5, 5.41) is 3.31. The van der Waals surface area contributed by atoms with Gasteiger partial charge in [-0.3, -0.25) is 0 Å². The molecule has 1 aliphatic heterocycles. The first-order valence-corrected chi connectivity index (χ1v) is 5.60. The molecule has 0 aliphatic carbocycles.